The molecular formula is C22H22N2O3. The van der Waals surface area contributed by atoms with Gasteiger partial charge in [0.2, 0.25) is 0 Å². The van der Waals surface area contributed by atoms with Crippen molar-refractivity contribution < 1.29 is 9.21 Å². The fraction of sp³-hybridized carbons (Fsp3) is 0.273. The maximum atomic E-state index is 12.5. The van der Waals surface area contributed by atoms with Crippen molar-refractivity contribution in [2.45, 2.75) is 25.8 Å². The van der Waals surface area contributed by atoms with E-state index in [9.17, 15) is 9.59 Å². The van der Waals surface area contributed by atoms with Gasteiger partial charge in [-0.25, -0.2) is 4.79 Å². The van der Waals surface area contributed by atoms with Crippen molar-refractivity contribution in [1.82, 2.24) is 4.90 Å². The monoisotopic (exact) mass is 362 g/mol. The van der Waals surface area contributed by atoms with Gasteiger partial charge < -0.3 is 9.73 Å². The zero-order valence-corrected chi connectivity index (χ0v) is 15.1. The van der Waals surface area contributed by atoms with Crippen LogP contribution in [-0.2, 0) is 6.54 Å². The molecule has 4 rings (SSSR count). The van der Waals surface area contributed by atoms with Crippen LogP contribution in [0.1, 0.15) is 35.2 Å². The number of rotatable bonds is 4. The van der Waals surface area contributed by atoms with Crippen molar-refractivity contribution in [2.24, 2.45) is 0 Å². The highest BCUT2D eigenvalue weighted by atomic mass is 16.4. The van der Waals surface area contributed by atoms with Crippen molar-refractivity contribution in [2.75, 3.05) is 18.4 Å². The Kier molecular flexibility index (Phi) is 5.03. The highest BCUT2D eigenvalue weighted by Crippen LogP contribution is 2.19. The van der Waals surface area contributed by atoms with E-state index in [1.165, 1.54) is 19.3 Å². The Morgan fingerprint density at radius 2 is 1.78 bits per heavy atom. The molecule has 5 nitrogen and oxygen atoms in total. The molecule has 0 aliphatic carbocycles. The van der Waals surface area contributed by atoms with Crippen molar-refractivity contribution in [3.63, 3.8) is 0 Å². The zero-order chi connectivity index (χ0) is 18.6. The third-order valence-electron chi connectivity index (χ3n) is 4.93. The fourth-order valence-corrected chi connectivity index (χ4v) is 3.53. The summed E-state index contributed by atoms with van der Waals surface area (Å²) < 4.78 is 5.37. The Morgan fingerprint density at radius 1 is 1.00 bits per heavy atom. The lowest BCUT2D eigenvalue weighted by molar-refractivity contribution is 0.102. The van der Waals surface area contributed by atoms with E-state index in [1.54, 1.807) is 18.2 Å². The predicted molar refractivity (Wildman–Crippen MR) is 106 cm³/mol. The first-order valence-corrected chi connectivity index (χ1v) is 9.34. The van der Waals surface area contributed by atoms with E-state index in [-0.39, 0.29) is 5.56 Å². The summed E-state index contributed by atoms with van der Waals surface area (Å²) in [4.78, 5) is 27.2. The van der Waals surface area contributed by atoms with E-state index in [0.29, 0.717) is 11.3 Å². The van der Waals surface area contributed by atoms with Crippen LogP contribution in [0.25, 0.3) is 11.0 Å². The number of nitrogens with zero attached hydrogens (tertiary/aromatic N) is 1. The smallest absolute Gasteiger partial charge is 0.349 e. The number of carbonyl (C=O) groups is 1. The molecule has 0 bridgehead atoms. The van der Waals surface area contributed by atoms with Gasteiger partial charge in [0.15, 0.2) is 0 Å². The van der Waals surface area contributed by atoms with E-state index < -0.39 is 11.5 Å². The second kappa shape index (κ2) is 7.76. The Hall–Kier alpha value is -2.92. The first-order valence-electron chi connectivity index (χ1n) is 9.34. The number of piperidine rings is 1. The number of hydrogen-bond donors (Lipinski definition) is 1. The Labute approximate surface area is 157 Å². The standard InChI is InChI=1S/C22H22N2O3/c25-21(23-18-7-3-1-4-8-18)19-14-17-13-16(9-10-20(17)27-22(19)26)15-24-11-5-2-6-12-24/h1,3-4,7-10,13-14H,2,5-6,11-12,15H2,(H,23,25). The summed E-state index contributed by atoms with van der Waals surface area (Å²) >= 11 is 0. The van der Waals surface area contributed by atoms with Crippen LogP contribution in [0.15, 0.2) is 63.8 Å². The molecule has 1 aliphatic heterocycles. The minimum Gasteiger partial charge on any atom is -0.422 e. The average Bonchev–Trinajstić information content (AvgIpc) is 2.69. The molecular weight excluding hydrogens is 340 g/mol. The van der Waals surface area contributed by atoms with Crippen LogP contribution in [0, 0.1) is 0 Å². The van der Waals surface area contributed by atoms with Crippen LogP contribution >= 0.6 is 0 Å². The molecule has 1 fully saturated rings. The molecule has 0 spiro atoms. The molecule has 1 aromatic heterocycles. The SMILES string of the molecule is O=C(Nc1ccccc1)c1cc2cc(CN3CCCCC3)ccc2oc1=O. The fourth-order valence-electron chi connectivity index (χ4n) is 3.53. The van der Waals surface area contributed by atoms with E-state index in [2.05, 4.69) is 10.2 Å². The molecule has 0 atom stereocenters. The molecule has 2 heterocycles. The lowest BCUT2D eigenvalue weighted by Gasteiger charge is -2.26. The lowest BCUT2D eigenvalue weighted by Crippen LogP contribution is -2.29. The van der Waals surface area contributed by atoms with Crippen LogP contribution in [0.5, 0.6) is 0 Å². The highest BCUT2D eigenvalue weighted by molar-refractivity contribution is 6.05. The van der Waals surface area contributed by atoms with Gasteiger partial charge in [0.1, 0.15) is 11.1 Å². The van der Waals surface area contributed by atoms with E-state index in [1.807, 2.05) is 36.4 Å². The highest BCUT2D eigenvalue weighted by Gasteiger charge is 2.15. The summed E-state index contributed by atoms with van der Waals surface area (Å²) in [5.41, 5.74) is 1.69. The third-order valence-corrected chi connectivity index (χ3v) is 4.93. The predicted octanol–water partition coefficient (Wildman–Crippen LogP) is 4.03. The summed E-state index contributed by atoms with van der Waals surface area (Å²) in [5, 5.41) is 3.50. The van der Waals surface area contributed by atoms with Gasteiger partial charge in [-0.15, -0.1) is 0 Å². The van der Waals surface area contributed by atoms with Gasteiger partial charge in [-0.1, -0.05) is 30.7 Å². The molecule has 1 amide bonds. The summed E-state index contributed by atoms with van der Waals surface area (Å²) in [5.74, 6) is -0.460. The second-order valence-electron chi connectivity index (χ2n) is 6.98. The lowest BCUT2D eigenvalue weighted by atomic mass is 10.1. The largest absolute Gasteiger partial charge is 0.422 e. The Bertz CT molecular complexity index is 1000. The molecule has 1 aliphatic rings. The van der Waals surface area contributed by atoms with Crippen LogP contribution in [-0.4, -0.2) is 23.9 Å². The number of hydrogen-bond acceptors (Lipinski definition) is 4. The number of fused-ring (bicyclic) bond motifs is 1. The first kappa shape index (κ1) is 17.5. The normalized spacial score (nSPS) is 15.0. The van der Waals surface area contributed by atoms with Gasteiger partial charge in [0.05, 0.1) is 0 Å². The molecule has 27 heavy (non-hydrogen) atoms. The molecule has 5 heteroatoms. The summed E-state index contributed by atoms with van der Waals surface area (Å²) in [7, 11) is 0. The van der Waals surface area contributed by atoms with Gasteiger partial charge in [-0.3, -0.25) is 9.69 Å². The minimum absolute atomic E-state index is 0.0153. The zero-order valence-electron chi connectivity index (χ0n) is 15.1. The summed E-state index contributed by atoms with van der Waals surface area (Å²) in [6.07, 6.45) is 3.79. The van der Waals surface area contributed by atoms with Crippen LogP contribution < -0.4 is 10.9 Å². The van der Waals surface area contributed by atoms with Crippen LogP contribution in [0.3, 0.4) is 0 Å². The first-order chi connectivity index (χ1) is 13.2. The topological polar surface area (TPSA) is 62.6 Å². The molecule has 1 N–H and O–H groups in total. The number of para-hydroxylation sites is 1. The van der Waals surface area contributed by atoms with Crippen molar-refractivity contribution in [3.8, 4) is 0 Å². The second-order valence-corrected chi connectivity index (χ2v) is 6.98. The number of nitrogens with one attached hydrogen (secondary N) is 1. The van der Waals surface area contributed by atoms with Crippen molar-refractivity contribution >= 4 is 22.6 Å². The van der Waals surface area contributed by atoms with Gasteiger partial charge in [0.25, 0.3) is 5.91 Å². The maximum absolute atomic E-state index is 12.5. The van der Waals surface area contributed by atoms with E-state index >= 15 is 0 Å². The molecule has 1 saturated heterocycles. The van der Waals surface area contributed by atoms with Crippen LogP contribution in [0.2, 0.25) is 0 Å². The Morgan fingerprint density at radius 3 is 2.56 bits per heavy atom. The van der Waals surface area contributed by atoms with Crippen molar-refractivity contribution in [3.05, 3.63) is 76.1 Å². The van der Waals surface area contributed by atoms with Gasteiger partial charge in [-0.2, -0.15) is 0 Å². The number of carbonyl (C=O) groups excluding carboxylic acids is 1. The maximum Gasteiger partial charge on any atom is 0.349 e. The number of likely N-dealkylation sites (tertiary alicyclic amines) is 1. The van der Waals surface area contributed by atoms with E-state index in [4.69, 9.17) is 4.42 Å². The molecule has 0 radical (unpaired) electrons. The number of amides is 1. The summed E-state index contributed by atoms with van der Waals surface area (Å²) in [6.45, 7) is 3.11. The molecule has 0 unspecified atom stereocenters. The summed E-state index contributed by atoms with van der Waals surface area (Å²) in [6, 6.07) is 16.5. The minimum atomic E-state index is -0.625. The molecule has 3 aromatic rings. The van der Waals surface area contributed by atoms with Gasteiger partial charge >= 0.3 is 5.63 Å². The molecule has 138 valence electrons. The van der Waals surface area contributed by atoms with E-state index in [0.717, 1.165) is 30.6 Å². The van der Waals surface area contributed by atoms with Crippen molar-refractivity contribution in [1.29, 1.82) is 0 Å². The third kappa shape index (κ3) is 4.09. The molecule has 2 aromatic carbocycles. The van der Waals surface area contributed by atoms with Gasteiger partial charge in [-0.05, 0) is 61.8 Å². The van der Waals surface area contributed by atoms with Crippen LogP contribution in [0.4, 0.5) is 5.69 Å². The Balaban J connectivity index is 1.60. The number of benzene rings is 2. The van der Waals surface area contributed by atoms with Gasteiger partial charge in [0, 0.05) is 17.6 Å². The number of anilines is 1. The molecule has 0 saturated carbocycles. The average molecular weight is 362 g/mol. The quantitative estimate of drug-likeness (QED) is 0.712.